The van der Waals surface area contributed by atoms with Crippen LogP contribution in [0.4, 0.5) is 4.79 Å². The fraction of sp³-hybridized carbons (Fsp3) is 0.588. The second kappa shape index (κ2) is 8.76. The number of aliphatic hydroxyl groups excluding tert-OH is 1. The molecule has 0 aromatic heterocycles. The van der Waals surface area contributed by atoms with E-state index in [0.717, 1.165) is 38.0 Å². The SMILES string of the molecule is CCN1CCC(NC(=O)N(CCO)Cc2ccccc2)CC1. The molecule has 2 amide bonds. The number of benzene rings is 1. The number of piperidine rings is 1. The lowest BCUT2D eigenvalue weighted by Crippen LogP contribution is -2.49. The highest BCUT2D eigenvalue weighted by Crippen LogP contribution is 2.11. The molecule has 0 aliphatic carbocycles. The summed E-state index contributed by atoms with van der Waals surface area (Å²) in [5.41, 5.74) is 1.08. The first-order valence-corrected chi connectivity index (χ1v) is 8.15. The van der Waals surface area contributed by atoms with Gasteiger partial charge in [0.1, 0.15) is 0 Å². The van der Waals surface area contributed by atoms with Gasteiger partial charge in [0.15, 0.2) is 0 Å². The first-order chi connectivity index (χ1) is 10.7. The minimum atomic E-state index is -0.0761. The number of carbonyl (C=O) groups is 1. The molecule has 1 heterocycles. The zero-order valence-electron chi connectivity index (χ0n) is 13.4. The Kier molecular flexibility index (Phi) is 6.68. The molecule has 2 rings (SSSR count). The summed E-state index contributed by atoms with van der Waals surface area (Å²) in [6.07, 6.45) is 2.00. The molecule has 1 aromatic rings. The topological polar surface area (TPSA) is 55.8 Å². The number of carbonyl (C=O) groups excluding carboxylic acids is 1. The van der Waals surface area contributed by atoms with Crippen molar-refractivity contribution in [3.8, 4) is 0 Å². The largest absolute Gasteiger partial charge is 0.395 e. The summed E-state index contributed by atoms with van der Waals surface area (Å²) in [6.45, 7) is 6.19. The van der Waals surface area contributed by atoms with Crippen LogP contribution in [0.25, 0.3) is 0 Å². The molecule has 1 saturated heterocycles. The quantitative estimate of drug-likeness (QED) is 0.841. The molecule has 1 fully saturated rings. The molecule has 0 atom stereocenters. The Labute approximate surface area is 132 Å². The molecule has 0 radical (unpaired) electrons. The Bertz CT molecular complexity index is 444. The zero-order chi connectivity index (χ0) is 15.8. The van der Waals surface area contributed by atoms with Gasteiger partial charge in [-0.15, -0.1) is 0 Å². The van der Waals surface area contributed by atoms with Gasteiger partial charge in [-0.25, -0.2) is 4.79 Å². The Morgan fingerprint density at radius 1 is 1.32 bits per heavy atom. The number of urea groups is 1. The van der Waals surface area contributed by atoms with Crippen molar-refractivity contribution in [2.45, 2.75) is 32.4 Å². The van der Waals surface area contributed by atoms with Crippen LogP contribution in [-0.4, -0.2) is 59.8 Å². The summed E-state index contributed by atoms with van der Waals surface area (Å²) in [5.74, 6) is 0. The predicted molar refractivity (Wildman–Crippen MR) is 87.6 cm³/mol. The van der Waals surface area contributed by atoms with Gasteiger partial charge in [-0.05, 0) is 24.9 Å². The van der Waals surface area contributed by atoms with Crippen LogP contribution in [-0.2, 0) is 6.54 Å². The van der Waals surface area contributed by atoms with Gasteiger partial charge in [0, 0.05) is 32.2 Å². The maximum absolute atomic E-state index is 12.4. The number of hydrogen-bond donors (Lipinski definition) is 2. The summed E-state index contributed by atoms with van der Waals surface area (Å²) in [6, 6.07) is 10.0. The third kappa shape index (κ3) is 5.00. The van der Waals surface area contributed by atoms with E-state index < -0.39 is 0 Å². The van der Waals surface area contributed by atoms with Crippen molar-refractivity contribution in [1.29, 1.82) is 0 Å². The van der Waals surface area contributed by atoms with Crippen molar-refractivity contribution in [3.05, 3.63) is 35.9 Å². The monoisotopic (exact) mass is 305 g/mol. The summed E-state index contributed by atoms with van der Waals surface area (Å²) in [5, 5.41) is 12.3. The number of rotatable bonds is 6. The predicted octanol–water partition coefficient (Wildman–Crippen LogP) is 1.67. The fourth-order valence-corrected chi connectivity index (χ4v) is 2.84. The summed E-state index contributed by atoms with van der Waals surface area (Å²) >= 11 is 0. The van der Waals surface area contributed by atoms with Crippen LogP contribution < -0.4 is 5.32 Å². The van der Waals surface area contributed by atoms with Crippen molar-refractivity contribution >= 4 is 6.03 Å². The average Bonchev–Trinajstić information content (AvgIpc) is 2.56. The van der Waals surface area contributed by atoms with E-state index >= 15 is 0 Å². The van der Waals surface area contributed by atoms with Crippen LogP contribution in [0.15, 0.2) is 30.3 Å². The second-order valence-corrected chi connectivity index (χ2v) is 5.79. The van der Waals surface area contributed by atoms with Gasteiger partial charge >= 0.3 is 6.03 Å². The molecule has 0 spiro atoms. The highest BCUT2D eigenvalue weighted by Gasteiger charge is 2.22. The van der Waals surface area contributed by atoms with Crippen LogP contribution in [0.2, 0.25) is 0 Å². The van der Waals surface area contributed by atoms with Gasteiger partial charge < -0.3 is 20.2 Å². The third-order valence-corrected chi connectivity index (χ3v) is 4.24. The fourth-order valence-electron chi connectivity index (χ4n) is 2.84. The lowest BCUT2D eigenvalue weighted by atomic mass is 10.1. The van der Waals surface area contributed by atoms with Gasteiger partial charge in [0.2, 0.25) is 0 Å². The molecule has 1 aliphatic heterocycles. The standard InChI is InChI=1S/C17H27N3O2/c1-2-19-10-8-16(9-11-19)18-17(22)20(12-13-21)14-15-6-4-3-5-7-15/h3-7,16,21H,2,8-14H2,1H3,(H,18,22). The van der Waals surface area contributed by atoms with Crippen molar-refractivity contribution in [2.24, 2.45) is 0 Å². The van der Waals surface area contributed by atoms with E-state index in [1.54, 1.807) is 4.90 Å². The Hall–Kier alpha value is -1.59. The molecule has 0 unspecified atom stereocenters. The van der Waals surface area contributed by atoms with E-state index in [4.69, 9.17) is 0 Å². The Morgan fingerprint density at radius 3 is 2.59 bits per heavy atom. The normalized spacial score (nSPS) is 16.5. The third-order valence-electron chi connectivity index (χ3n) is 4.24. The van der Waals surface area contributed by atoms with Gasteiger partial charge in [-0.3, -0.25) is 0 Å². The van der Waals surface area contributed by atoms with Crippen LogP contribution in [0.5, 0.6) is 0 Å². The van der Waals surface area contributed by atoms with Crippen molar-refractivity contribution in [1.82, 2.24) is 15.1 Å². The summed E-state index contributed by atoms with van der Waals surface area (Å²) < 4.78 is 0. The number of hydrogen-bond acceptors (Lipinski definition) is 3. The van der Waals surface area contributed by atoms with Gasteiger partial charge in [-0.2, -0.15) is 0 Å². The van der Waals surface area contributed by atoms with Crippen molar-refractivity contribution < 1.29 is 9.90 Å². The zero-order valence-corrected chi connectivity index (χ0v) is 13.4. The molecule has 1 aliphatic rings. The molecule has 2 N–H and O–H groups in total. The minimum absolute atomic E-state index is 0.0193. The number of aliphatic hydroxyl groups is 1. The minimum Gasteiger partial charge on any atom is -0.395 e. The smallest absolute Gasteiger partial charge is 0.317 e. The lowest BCUT2D eigenvalue weighted by Gasteiger charge is -2.33. The molecule has 1 aromatic carbocycles. The van der Waals surface area contributed by atoms with E-state index in [0.29, 0.717) is 13.1 Å². The molecular weight excluding hydrogens is 278 g/mol. The van der Waals surface area contributed by atoms with Crippen LogP contribution in [0.1, 0.15) is 25.3 Å². The number of nitrogens with zero attached hydrogens (tertiary/aromatic N) is 2. The van der Waals surface area contributed by atoms with E-state index in [9.17, 15) is 9.90 Å². The number of nitrogens with one attached hydrogen (secondary N) is 1. The molecule has 122 valence electrons. The Balaban J connectivity index is 1.87. The molecule has 0 bridgehead atoms. The average molecular weight is 305 g/mol. The van der Waals surface area contributed by atoms with E-state index in [1.165, 1.54) is 0 Å². The first kappa shape index (κ1) is 16.8. The van der Waals surface area contributed by atoms with Crippen LogP contribution in [0.3, 0.4) is 0 Å². The first-order valence-electron chi connectivity index (χ1n) is 8.15. The highest BCUT2D eigenvalue weighted by atomic mass is 16.3. The van der Waals surface area contributed by atoms with E-state index in [2.05, 4.69) is 17.1 Å². The van der Waals surface area contributed by atoms with Crippen LogP contribution in [0, 0.1) is 0 Å². The molecule has 22 heavy (non-hydrogen) atoms. The molecule has 5 heteroatoms. The second-order valence-electron chi connectivity index (χ2n) is 5.79. The summed E-state index contributed by atoms with van der Waals surface area (Å²) in [4.78, 5) is 16.5. The maximum atomic E-state index is 12.4. The lowest BCUT2D eigenvalue weighted by molar-refractivity contribution is 0.159. The number of likely N-dealkylation sites (tertiary alicyclic amines) is 1. The van der Waals surface area contributed by atoms with Crippen molar-refractivity contribution in [2.75, 3.05) is 32.8 Å². The Morgan fingerprint density at radius 2 is 2.00 bits per heavy atom. The van der Waals surface area contributed by atoms with Crippen LogP contribution >= 0.6 is 0 Å². The van der Waals surface area contributed by atoms with Gasteiger partial charge in [0.05, 0.1) is 6.61 Å². The molecular formula is C17H27N3O2. The van der Waals surface area contributed by atoms with Crippen molar-refractivity contribution in [3.63, 3.8) is 0 Å². The van der Waals surface area contributed by atoms with E-state index in [-0.39, 0.29) is 18.7 Å². The van der Waals surface area contributed by atoms with E-state index in [1.807, 2.05) is 30.3 Å². The maximum Gasteiger partial charge on any atom is 0.317 e. The van der Waals surface area contributed by atoms with Gasteiger partial charge in [0.25, 0.3) is 0 Å². The molecule has 5 nitrogen and oxygen atoms in total. The summed E-state index contributed by atoms with van der Waals surface area (Å²) in [7, 11) is 0. The number of amides is 2. The van der Waals surface area contributed by atoms with Gasteiger partial charge in [-0.1, -0.05) is 37.3 Å². The highest BCUT2D eigenvalue weighted by molar-refractivity contribution is 5.74. The molecule has 0 saturated carbocycles.